The largest absolute Gasteiger partial charge is 0.491 e. The first-order valence-corrected chi connectivity index (χ1v) is 8.47. The number of anilines is 2. The molecular weight excluding hydrogens is 355 g/mol. The van der Waals surface area contributed by atoms with E-state index >= 15 is 0 Å². The van der Waals surface area contributed by atoms with Crippen molar-refractivity contribution in [2.45, 2.75) is 31.2 Å². The maximum absolute atomic E-state index is 12.5. The van der Waals surface area contributed by atoms with Crippen LogP contribution in [0.4, 0.5) is 25.1 Å². The van der Waals surface area contributed by atoms with E-state index in [4.69, 9.17) is 10.5 Å². The van der Waals surface area contributed by atoms with Crippen molar-refractivity contribution < 1.29 is 17.9 Å². The van der Waals surface area contributed by atoms with E-state index in [9.17, 15) is 13.2 Å². The molecule has 10 heteroatoms. The molecule has 1 atom stereocenters. The summed E-state index contributed by atoms with van der Waals surface area (Å²) in [5, 5.41) is 3.55. The molecule has 0 aliphatic heterocycles. The van der Waals surface area contributed by atoms with Gasteiger partial charge in [0.2, 0.25) is 11.9 Å². The van der Waals surface area contributed by atoms with Crippen molar-refractivity contribution in [1.82, 2.24) is 15.0 Å². The Morgan fingerprint density at radius 2 is 1.88 bits per heavy atom. The van der Waals surface area contributed by atoms with Crippen LogP contribution < -0.4 is 15.8 Å². The highest BCUT2D eigenvalue weighted by atomic mass is 32.2. The maximum Gasteiger partial charge on any atom is 0.416 e. The van der Waals surface area contributed by atoms with Gasteiger partial charge in [0.25, 0.3) is 0 Å². The average Bonchev–Trinajstić information content (AvgIpc) is 2.52. The van der Waals surface area contributed by atoms with Crippen LogP contribution in [0.5, 0.6) is 5.75 Å². The summed E-state index contributed by atoms with van der Waals surface area (Å²) in [5.74, 6) is 1.59. The van der Waals surface area contributed by atoms with E-state index in [1.807, 2.05) is 13.8 Å². The smallest absolute Gasteiger partial charge is 0.416 e. The van der Waals surface area contributed by atoms with Crippen molar-refractivity contribution in [3.63, 3.8) is 0 Å². The SMILES string of the molecule is CCSc1nc(N)nc(NC(C)COc2ccc(C(F)(F)F)cc2)n1. The minimum atomic E-state index is -4.36. The minimum Gasteiger partial charge on any atom is -0.491 e. The topological polar surface area (TPSA) is 86.0 Å². The number of hydrogen-bond acceptors (Lipinski definition) is 7. The lowest BCUT2D eigenvalue weighted by atomic mass is 10.2. The number of nitrogens with zero attached hydrogens (tertiary/aromatic N) is 3. The predicted octanol–water partition coefficient (Wildman–Crippen LogP) is 3.46. The molecule has 0 aliphatic carbocycles. The first kappa shape index (κ1) is 19.1. The zero-order valence-corrected chi connectivity index (χ0v) is 14.5. The number of rotatable bonds is 7. The van der Waals surface area contributed by atoms with Crippen molar-refractivity contribution in [2.24, 2.45) is 0 Å². The van der Waals surface area contributed by atoms with E-state index in [0.29, 0.717) is 16.9 Å². The molecule has 0 saturated carbocycles. The number of ether oxygens (including phenoxy) is 1. The Hall–Kier alpha value is -2.23. The highest BCUT2D eigenvalue weighted by Gasteiger charge is 2.30. The Bertz CT molecular complexity index is 697. The normalized spacial score (nSPS) is 12.7. The Balaban J connectivity index is 1.91. The lowest BCUT2D eigenvalue weighted by Gasteiger charge is -2.16. The fraction of sp³-hybridized carbons (Fsp3) is 0.400. The number of halogens is 3. The number of aromatic nitrogens is 3. The average molecular weight is 373 g/mol. The van der Waals surface area contributed by atoms with Gasteiger partial charge in [-0.25, -0.2) is 0 Å². The van der Waals surface area contributed by atoms with Crippen LogP contribution in [-0.4, -0.2) is 33.4 Å². The van der Waals surface area contributed by atoms with Gasteiger partial charge in [0, 0.05) is 0 Å². The van der Waals surface area contributed by atoms with Crippen LogP contribution in [0.15, 0.2) is 29.4 Å². The van der Waals surface area contributed by atoms with Crippen LogP contribution >= 0.6 is 11.8 Å². The standard InChI is InChI=1S/C15H18F3N5OS/c1-3-25-14-22-12(19)21-13(23-14)20-9(2)8-24-11-6-4-10(5-7-11)15(16,17)18/h4-7,9H,3,8H2,1-2H3,(H3,19,20,21,22,23). The predicted molar refractivity (Wildman–Crippen MR) is 90.7 cm³/mol. The van der Waals surface area contributed by atoms with E-state index in [2.05, 4.69) is 20.3 Å². The van der Waals surface area contributed by atoms with Gasteiger partial charge >= 0.3 is 6.18 Å². The van der Waals surface area contributed by atoms with Gasteiger partial charge in [-0.2, -0.15) is 28.1 Å². The lowest BCUT2D eigenvalue weighted by molar-refractivity contribution is -0.137. The second-order valence-electron chi connectivity index (χ2n) is 5.11. The van der Waals surface area contributed by atoms with Gasteiger partial charge < -0.3 is 15.8 Å². The summed E-state index contributed by atoms with van der Waals surface area (Å²) in [6.45, 7) is 4.02. The molecule has 0 radical (unpaired) electrons. The van der Waals surface area contributed by atoms with Gasteiger partial charge in [-0.05, 0) is 36.9 Å². The zero-order valence-electron chi connectivity index (χ0n) is 13.7. The molecule has 1 aromatic carbocycles. The third-order valence-corrected chi connectivity index (χ3v) is 3.69. The quantitative estimate of drug-likeness (QED) is 0.719. The van der Waals surface area contributed by atoms with Crippen LogP contribution in [0.3, 0.4) is 0 Å². The monoisotopic (exact) mass is 373 g/mol. The lowest BCUT2D eigenvalue weighted by Crippen LogP contribution is -2.25. The number of nitrogens with one attached hydrogen (secondary N) is 1. The first-order chi connectivity index (χ1) is 11.8. The van der Waals surface area contributed by atoms with E-state index in [-0.39, 0.29) is 18.6 Å². The van der Waals surface area contributed by atoms with Gasteiger partial charge in [0.1, 0.15) is 12.4 Å². The van der Waals surface area contributed by atoms with Crippen molar-refractivity contribution in [2.75, 3.05) is 23.4 Å². The molecule has 0 aliphatic rings. The molecule has 6 nitrogen and oxygen atoms in total. The zero-order chi connectivity index (χ0) is 18.4. The third kappa shape index (κ3) is 5.96. The van der Waals surface area contributed by atoms with Crippen LogP contribution in [0.1, 0.15) is 19.4 Å². The summed E-state index contributed by atoms with van der Waals surface area (Å²) >= 11 is 1.44. The fourth-order valence-electron chi connectivity index (χ4n) is 1.85. The molecule has 1 unspecified atom stereocenters. The summed E-state index contributed by atoms with van der Waals surface area (Å²) in [5.41, 5.74) is 4.93. The van der Waals surface area contributed by atoms with Gasteiger partial charge in [0.05, 0.1) is 11.6 Å². The molecule has 1 heterocycles. The second kappa shape index (κ2) is 8.24. The summed E-state index contributed by atoms with van der Waals surface area (Å²) in [6.07, 6.45) is -4.36. The Morgan fingerprint density at radius 3 is 2.48 bits per heavy atom. The second-order valence-corrected chi connectivity index (χ2v) is 6.34. The van der Waals surface area contributed by atoms with Gasteiger partial charge in [-0.15, -0.1) is 0 Å². The van der Waals surface area contributed by atoms with E-state index in [1.54, 1.807) is 0 Å². The number of alkyl halides is 3. The maximum atomic E-state index is 12.5. The molecule has 25 heavy (non-hydrogen) atoms. The van der Waals surface area contributed by atoms with Crippen molar-refractivity contribution in [3.8, 4) is 5.75 Å². The number of nitrogens with two attached hydrogens (primary N) is 1. The van der Waals surface area contributed by atoms with Crippen LogP contribution in [0.25, 0.3) is 0 Å². The summed E-state index contributed by atoms with van der Waals surface area (Å²) in [6, 6.07) is 4.34. The number of nitrogen functional groups attached to an aromatic ring is 1. The van der Waals surface area contributed by atoms with Gasteiger partial charge in [-0.1, -0.05) is 18.7 Å². The van der Waals surface area contributed by atoms with E-state index < -0.39 is 11.7 Å². The van der Waals surface area contributed by atoms with Gasteiger partial charge in [0.15, 0.2) is 5.16 Å². The molecule has 0 fully saturated rings. The molecule has 136 valence electrons. The first-order valence-electron chi connectivity index (χ1n) is 7.49. The number of benzene rings is 1. The molecule has 0 saturated heterocycles. The molecule has 3 N–H and O–H groups in total. The summed E-state index contributed by atoms with van der Waals surface area (Å²) in [4.78, 5) is 12.2. The Kier molecular flexibility index (Phi) is 6.29. The van der Waals surface area contributed by atoms with Crippen molar-refractivity contribution >= 4 is 23.7 Å². The fourth-order valence-corrected chi connectivity index (χ4v) is 2.42. The highest BCUT2D eigenvalue weighted by molar-refractivity contribution is 7.99. The third-order valence-electron chi connectivity index (χ3n) is 2.96. The van der Waals surface area contributed by atoms with Crippen molar-refractivity contribution in [1.29, 1.82) is 0 Å². The molecule has 0 amide bonds. The highest BCUT2D eigenvalue weighted by Crippen LogP contribution is 2.30. The number of thioether (sulfide) groups is 1. The summed E-state index contributed by atoms with van der Waals surface area (Å²) in [7, 11) is 0. The molecule has 0 spiro atoms. The van der Waals surface area contributed by atoms with E-state index in [1.165, 1.54) is 23.9 Å². The molecule has 2 rings (SSSR count). The van der Waals surface area contributed by atoms with Crippen molar-refractivity contribution in [3.05, 3.63) is 29.8 Å². The molecular formula is C15H18F3N5OS. The van der Waals surface area contributed by atoms with Gasteiger partial charge in [-0.3, -0.25) is 0 Å². The Morgan fingerprint density at radius 1 is 1.20 bits per heavy atom. The molecule has 0 bridgehead atoms. The van der Waals surface area contributed by atoms with Crippen LogP contribution in [-0.2, 0) is 6.18 Å². The minimum absolute atomic E-state index is 0.115. The molecule has 1 aromatic heterocycles. The number of hydrogen-bond donors (Lipinski definition) is 2. The van der Waals surface area contributed by atoms with E-state index in [0.717, 1.165) is 17.9 Å². The Labute approximate surface area is 147 Å². The summed E-state index contributed by atoms with van der Waals surface area (Å²) < 4.78 is 43.0. The molecule has 2 aromatic rings. The van der Waals surface area contributed by atoms with Crippen LogP contribution in [0.2, 0.25) is 0 Å². The van der Waals surface area contributed by atoms with Crippen LogP contribution in [0, 0.1) is 0 Å².